The van der Waals surface area contributed by atoms with Gasteiger partial charge in [-0.05, 0) is 38.0 Å². The zero-order chi connectivity index (χ0) is 15.0. The standard InChI is InChI=1S/C16H20O4/c1-4-19-16(18)12(2)11-20-15-9-7-14(8-10-15)6-5-13(3)17/h7-10H,2,4-6,11H2,1,3H3. The molecule has 0 N–H and O–H groups in total. The van der Waals surface area contributed by atoms with Gasteiger partial charge in [-0.15, -0.1) is 0 Å². The third kappa shape index (κ3) is 5.69. The molecule has 0 bridgehead atoms. The average Bonchev–Trinajstić information content (AvgIpc) is 2.43. The number of hydrogen-bond donors (Lipinski definition) is 0. The van der Waals surface area contributed by atoms with Crippen molar-refractivity contribution in [2.24, 2.45) is 0 Å². The van der Waals surface area contributed by atoms with Crippen LogP contribution in [0.4, 0.5) is 0 Å². The first kappa shape index (κ1) is 16.0. The highest BCUT2D eigenvalue weighted by Crippen LogP contribution is 2.14. The van der Waals surface area contributed by atoms with Crippen LogP contribution in [-0.4, -0.2) is 25.0 Å². The predicted octanol–water partition coefficient (Wildman–Crippen LogP) is 2.71. The number of rotatable bonds is 8. The zero-order valence-electron chi connectivity index (χ0n) is 12.0. The van der Waals surface area contributed by atoms with Gasteiger partial charge in [0.05, 0.1) is 12.2 Å². The van der Waals surface area contributed by atoms with Crippen LogP contribution >= 0.6 is 0 Å². The van der Waals surface area contributed by atoms with E-state index in [9.17, 15) is 9.59 Å². The van der Waals surface area contributed by atoms with Gasteiger partial charge in [-0.1, -0.05) is 18.7 Å². The fourth-order valence-electron chi connectivity index (χ4n) is 1.54. The number of Topliss-reactive ketones (excluding diaryl/α,β-unsaturated/α-hetero) is 1. The summed E-state index contributed by atoms with van der Waals surface area (Å²) in [4.78, 5) is 22.2. The Morgan fingerprint density at radius 1 is 1.20 bits per heavy atom. The van der Waals surface area contributed by atoms with Crippen molar-refractivity contribution >= 4 is 11.8 Å². The van der Waals surface area contributed by atoms with Gasteiger partial charge < -0.3 is 14.3 Å². The maximum Gasteiger partial charge on any atom is 0.336 e. The molecule has 1 rings (SSSR count). The number of benzene rings is 1. The quantitative estimate of drug-likeness (QED) is 0.541. The Kier molecular flexibility index (Phi) is 6.50. The van der Waals surface area contributed by atoms with Crippen molar-refractivity contribution in [1.82, 2.24) is 0 Å². The lowest BCUT2D eigenvalue weighted by molar-refractivity contribution is -0.138. The van der Waals surface area contributed by atoms with Crippen LogP contribution in [0.2, 0.25) is 0 Å². The number of esters is 1. The average molecular weight is 276 g/mol. The van der Waals surface area contributed by atoms with Crippen LogP contribution in [0.15, 0.2) is 36.4 Å². The van der Waals surface area contributed by atoms with Gasteiger partial charge in [-0.2, -0.15) is 0 Å². The number of carbonyl (C=O) groups excluding carboxylic acids is 2. The van der Waals surface area contributed by atoms with Crippen LogP contribution in [0.5, 0.6) is 5.75 Å². The van der Waals surface area contributed by atoms with Crippen LogP contribution in [0.25, 0.3) is 0 Å². The van der Waals surface area contributed by atoms with Crippen LogP contribution in [0.1, 0.15) is 25.8 Å². The summed E-state index contributed by atoms with van der Waals surface area (Å²) in [7, 11) is 0. The summed E-state index contributed by atoms with van der Waals surface area (Å²) in [6, 6.07) is 7.44. The number of ether oxygens (including phenoxy) is 2. The van der Waals surface area contributed by atoms with Gasteiger partial charge >= 0.3 is 5.97 Å². The molecule has 1 aromatic rings. The van der Waals surface area contributed by atoms with Crippen molar-refractivity contribution in [2.45, 2.75) is 26.7 Å². The second kappa shape index (κ2) is 8.15. The van der Waals surface area contributed by atoms with E-state index in [0.717, 1.165) is 12.0 Å². The molecule has 108 valence electrons. The highest BCUT2D eigenvalue weighted by Gasteiger charge is 2.08. The van der Waals surface area contributed by atoms with E-state index in [1.54, 1.807) is 13.8 Å². The van der Waals surface area contributed by atoms with Crippen molar-refractivity contribution in [1.29, 1.82) is 0 Å². The van der Waals surface area contributed by atoms with Crippen molar-refractivity contribution in [3.8, 4) is 5.75 Å². The van der Waals surface area contributed by atoms with Crippen LogP contribution in [0, 0.1) is 0 Å². The van der Waals surface area contributed by atoms with E-state index in [4.69, 9.17) is 9.47 Å². The van der Waals surface area contributed by atoms with E-state index in [1.807, 2.05) is 24.3 Å². The van der Waals surface area contributed by atoms with Gasteiger partial charge in [0, 0.05) is 6.42 Å². The van der Waals surface area contributed by atoms with Crippen LogP contribution in [0.3, 0.4) is 0 Å². The Bertz CT molecular complexity index is 474. The first-order valence-electron chi connectivity index (χ1n) is 6.59. The van der Waals surface area contributed by atoms with Crippen molar-refractivity contribution in [3.05, 3.63) is 42.0 Å². The molecular weight excluding hydrogens is 256 g/mol. The fourth-order valence-corrected chi connectivity index (χ4v) is 1.54. The summed E-state index contributed by atoms with van der Waals surface area (Å²) in [6.45, 7) is 7.37. The second-order valence-electron chi connectivity index (χ2n) is 4.46. The Morgan fingerprint density at radius 3 is 2.40 bits per heavy atom. The van der Waals surface area contributed by atoms with E-state index >= 15 is 0 Å². The monoisotopic (exact) mass is 276 g/mol. The summed E-state index contributed by atoms with van der Waals surface area (Å²) >= 11 is 0. The smallest absolute Gasteiger partial charge is 0.336 e. The van der Waals surface area contributed by atoms with E-state index in [-0.39, 0.29) is 18.0 Å². The Morgan fingerprint density at radius 2 is 1.85 bits per heavy atom. The van der Waals surface area contributed by atoms with E-state index in [0.29, 0.717) is 18.8 Å². The SMILES string of the molecule is C=C(COc1ccc(CCC(C)=O)cc1)C(=O)OCC. The third-order valence-corrected chi connectivity index (χ3v) is 2.67. The molecule has 0 aliphatic rings. The lowest BCUT2D eigenvalue weighted by Gasteiger charge is -2.08. The van der Waals surface area contributed by atoms with Crippen molar-refractivity contribution in [2.75, 3.05) is 13.2 Å². The molecule has 20 heavy (non-hydrogen) atoms. The molecule has 1 aromatic carbocycles. The summed E-state index contributed by atoms with van der Waals surface area (Å²) in [5.74, 6) is 0.392. The van der Waals surface area contributed by atoms with Gasteiger partial charge in [0.2, 0.25) is 0 Å². The summed E-state index contributed by atoms with van der Waals surface area (Å²) < 4.78 is 10.3. The Hall–Kier alpha value is -2.10. The van der Waals surface area contributed by atoms with E-state index in [2.05, 4.69) is 6.58 Å². The molecule has 0 radical (unpaired) electrons. The summed E-state index contributed by atoms with van der Waals surface area (Å²) in [5, 5.41) is 0. The minimum Gasteiger partial charge on any atom is -0.489 e. The van der Waals surface area contributed by atoms with Crippen LogP contribution in [-0.2, 0) is 20.7 Å². The second-order valence-corrected chi connectivity index (χ2v) is 4.46. The number of carbonyl (C=O) groups is 2. The fraction of sp³-hybridized carbons (Fsp3) is 0.375. The number of ketones is 1. The molecule has 0 atom stereocenters. The molecule has 0 aliphatic carbocycles. The molecule has 0 aliphatic heterocycles. The molecule has 4 heteroatoms. The normalized spacial score (nSPS) is 9.90. The largest absolute Gasteiger partial charge is 0.489 e. The van der Waals surface area contributed by atoms with Gasteiger partial charge in [0.15, 0.2) is 0 Å². The highest BCUT2D eigenvalue weighted by atomic mass is 16.5. The molecule has 0 aromatic heterocycles. The molecule has 0 saturated heterocycles. The lowest BCUT2D eigenvalue weighted by atomic mass is 10.1. The highest BCUT2D eigenvalue weighted by molar-refractivity contribution is 5.88. The Balaban J connectivity index is 2.43. The first-order valence-corrected chi connectivity index (χ1v) is 6.59. The maximum absolute atomic E-state index is 11.3. The van der Waals surface area contributed by atoms with Crippen molar-refractivity contribution in [3.63, 3.8) is 0 Å². The summed E-state index contributed by atoms with van der Waals surface area (Å²) in [5.41, 5.74) is 1.37. The topological polar surface area (TPSA) is 52.6 Å². The molecule has 0 fully saturated rings. The first-order chi connectivity index (χ1) is 9.52. The van der Waals surface area contributed by atoms with Gasteiger partial charge in [0.1, 0.15) is 18.1 Å². The minimum atomic E-state index is -0.439. The molecule has 0 spiro atoms. The number of aryl methyl sites for hydroxylation is 1. The third-order valence-electron chi connectivity index (χ3n) is 2.67. The van der Waals surface area contributed by atoms with Crippen LogP contribution < -0.4 is 4.74 Å². The van der Waals surface area contributed by atoms with E-state index < -0.39 is 5.97 Å². The minimum absolute atomic E-state index is 0.103. The molecular formula is C16H20O4. The van der Waals surface area contributed by atoms with Crippen molar-refractivity contribution < 1.29 is 19.1 Å². The number of hydrogen-bond acceptors (Lipinski definition) is 4. The molecule has 0 unspecified atom stereocenters. The van der Waals surface area contributed by atoms with E-state index in [1.165, 1.54) is 0 Å². The lowest BCUT2D eigenvalue weighted by Crippen LogP contribution is -2.13. The molecule has 0 heterocycles. The molecule has 0 amide bonds. The summed E-state index contributed by atoms with van der Waals surface area (Å²) in [6.07, 6.45) is 1.27. The molecule has 4 nitrogen and oxygen atoms in total. The Labute approximate surface area is 119 Å². The van der Waals surface area contributed by atoms with Gasteiger partial charge in [0.25, 0.3) is 0 Å². The van der Waals surface area contributed by atoms with Gasteiger partial charge in [-0.3, -0.25) is 0 Å². The molecule has 0 saturated carbocycles. The maximum atomic E-state index is 11.3. The zero-order valence-corrected chi connectivity index (χ0v) is 12.0. The predicted molar refractivity (Wildman–Crippen MR) is 76.7 cm³/mol. The van der Waals surface area contributed by atoms with Gasteiger partial charge in [-0.25, -0.2) is 4.79 Å².